The maximum atomic E-state index is 12.6. The van der Waals surface area contributed by atoms with Crippen LogP contribution < -0.4 is 15.4 Å². The molecule has 180 valence electrons. The molecular weight excluding hydrogens is 484 g/mol. The van der Waals surface area contributed by atoms with E-state index in [1.807, 2.05) is 60.0 Å². The van der Waals surface area contributed by atoms with Crippen LogP contribution >= 0.6 is 23.1 Å². The molecule has 0 bridgehead atoms. The fraction of sp³-hybridized carbons (Fsp3) is 0.208. The molecule has 4 aromatic rings. The lowest BCUT2D eigenvalue weighted by Crippen LogP contribution is -2.26. The van der Waals surface area contributed by atoms with Gasteiger partial charge in [-0.15, -0.1) is 21.5 Å². The van der Waals surface area contributed by atoms with Crippen LogP contribution in [0.15, 0.2) is 65.3 Å². The Kier molecular flexibility index (Phi) is 8.11. The van der Waals surface area contributed by atoms with Crippen molar-refractivity contribution in [3.63, 3.8) is 0 Å². The van der Waals surface area contributed by atoms with E-state index in [-0.39, 0.29) is 30.5 Å². The molecule has 2 aromatic heterocycles. The van der Waals surface area contributed by atoms with Crippen LogP contribution in [0.25, 0.3) is 5.69 Å². The molecule has 0 aliphatic carbocycles. The molecule has 0 unspecified atom stereocenters. The van der Waals surface area contributed by atoms with Crippen LogP contribution in [0.3, 0.4) is 0 Å². The van der Waals surface area contributed by atoms with Crippen molar-refractivity contribution in [1.29, 1.82) is 0 Å². The summed E-state index contributed by atoms with van der Waals surface area (Å²) in [5, 5.41) is 17.2. The standard InChI is InChI=1S/C24H24N6O3S2/c1-16-4-3-5-18(12-16)30-20(14-26-21(31)13-17-6-8-19(33-2)9-7-17)28-29-24(30)35-15-22(32)27-23-25-10-11-34-23/h3-12H,13-15H2,1-2H3,(H,26,31)(H,25,27,32). The number of carbonyl (C=O) groups is 2. The van der Waals surface area contributed by atoms with Crippen LogP contribution in [0.4, 0.5) is 5.13 Å². The summed E-state index contributed by atoms with van der Waals surface area (Å²) in [5.41, 5.74) is 2.81. The SMILES string of the molecule is COc1ccc(CC(=O)NCc2nnc(SCC(=O)Nc3nccs3)n2-c2cccc(C)c2)cc1. The lowest BCUT2D eigenvalue weighted by molar-refractivity contribution is -0.120. The zero-order chi connectivity index (χ0) is 24.6. The number of thioether (sulfide) groups is 1. The van der Waals surface area contributed by atoms with Crippen LogP contribution in [-0.2, 0) is 22.6 Å². The van der Waals surface area contributed by atoms with E-state index in [1.165, 1.54) is 23.1 Å². The predicted molar refractivity (Wildman–Crippen MR) is 136 cm³/mol. The van der Waals surface area contributed by atoms with Crippen molar-refractivity contribution in [1.82, 2.24) is 25.1 Å². The van der Waals surface area contributed by atoms with Gasteiger partial charge in [0, 0.05) is 17.3 Å². The molecule has 2 N–H and O–H groups in total. The average molecular weight is 509 g/mol. The minimum absolute atomic E-state index is 0.133. The third kappa shape index (κ3) is 6.67. The van der Waals surface area contributed by atoms with Crippen molar-refractivity contribution in [2.75, 3.05) is 18.2 Å². The molecule has 35 heavy (non-hydrogen) atoms. The monoisotopic (exact) mass is 508 g/mol. The third-order valence-corrected chi connectivity index (χ3v) is 6.56. The van der Waals surface area contributed by atoms with Gasteiger partial charge in [0.05, 0.1) is 25.8 Å². The fourth-order valence-corrected chi connectivity index (χ4v) is 4.59. The van der Waals surface area contributed by atoms with E-state index in [0.29, 0.717) is 16.1 Å². The fourth-order valence-electron chi connectivity index (χ4n) is 3.27. The molecule has 0 saturated heterocycles. The highest BCUT2D eigenvalue weighted by Gasteiger charge is 2.17. The number of thiazole rings is 1. The van der Waals surface area contributed by atoms with E-state index in [4.69, 9.17) is 4.74 Å². The Bertz CT molecular complexity index is 1290. The minimum Gasteiger partial charge on any atom is -0.497 e. The summed E-state index contributed by atoms with van der Waals surface area (Å²) in [7, 11) is 1.60. The first-order valence-corrected chi connectivity index (χ1v) is 12.6. The number of ether oxygens (including phenoxy) is 1. The molecule has 0 saturated carbocycles. The Morgan fingerprint density at radius 3 is 2.66 bits per heavy atom. The van der Waals surface area contributed by atoms with E-state index >= 15 is 0 Å². The van der Waals surface area contributed by atoms with Gasteiger partial charge < -0.3 is 15.4 Å². The molecule has 0 radical (unpaired) electrons. The topological polar surface area (TPSA) is 111 Å². The van der Waals surface area contributed by atoms with Gasteiger partial charge in [-0.05, 0) is 42.3 Å². The molecule has 9 nitrogen and oxygen atoms in total. The lowest BCUT2D eigenvalue weighted by Gasteiger charge is -2.12. The molecule has 11 heteroatoms. The van der Waals surface area contributed by atoms with Gasteiger partial charge in [-0.3, -0.25) is 14.2 Å². The molecule has 0 atom stereocenters. The first-order chi connectivity index (χ1) is 17.0. The minimum atomic E-state index is -0.182. The molecule has 0 spiro atoms. The quantitative estimate of drug-likeness (QED) is 0.315. The Morgan fingerprint density at radius 2 is 1.94 bits per heavy atom. The largest absolute Gasteiger partial charge is 0.497 e. The van der Waals surface area contributed by atoms with Crippen molar-refractivity contribution >= 4 is 40.0 Å². The van der Waals surface area contributed by atoms with Gasteiger partial charge in [-0.25, -0.2) is 4.98 Å². The van der Waals surface area contributed by atoms with E-state index in [0.717, 1.165) is 22.6 Å². The van der Waals surface area contributed by atoms with Gasteiger partial charge in [0.1, 0.15) is 5.75 Å². The number of rotatable bonds is 10. The van der Waals surface area contributed by atoms with Gasteiger partial charge in [0.15, 0.2) is 16.1 Å². The summed E-state index contributed by atoms with van der Waals surface area (Å²) in [6.07, 6.45) is 1.87. The Hall–Kier alpha value is -3.70. The number of benzene rings is 2. The maximum Gasteiger partial charge on any atom is 0.236 e. The summed E-state index contributed by atoms with van der Waals surface area (Å²) in [5.74, 6) is 1.14. The van der Waals surface area contributed by atoms with E-state index in [9.17, 15) is 9.59 Å². The van der Waals surface area contributed by atoms with Crippen LogP contribution in [0.1, 0.15) is 17.0 Å². The molecule has 2 amide bonds. The number of amides is 2. The number of aromatic nitrogens is 4. The Morgan fingerprint density at radius 1 is 1.11 bits per heavy atom. The Labute approximate surface area is 211 Å². The predicted octanol–water partition coefficient (Wildman–Crippen LogP) is 3.63. The highest BCUT2D eigenvalue weighted by Crippen LogP contribution is 2.23. The molecule has 0 fully saturated rings. The molecule has 4 rings (SSSR count). The highest BCUT2D eigenvalue weighted by atomic mass is 32.2. The number of aryl methyl sites for hydroxylation is 1. The molecule has 2 aromatic carbocycles. The number of nitrogens with one attached hydrogen (secondary N) is 2. The summed E-state index contributed by atoms with van der Waals surface area (Å²) in [6.45, 7) is 2.19. The van der Waals surface area contributed by atoms with Crippen LogP contribution in [-0.4, -0.2) is 44.4 Å². The number of methoxy groups -OCH3 is 1. The first-order valence-electron chi connectivity index (χ1n) is 10.7. The maximum absolute atomic E-state index is 12.6. The highest BCUT2D eigenvalue weighted by molar-refractivity contribution is 7.99. The van der Waals surface area contributed by atoms with Gasteiger partial charge in [-0.1, -0.05) is 36.0 Å². The number of hydrogen-bond acceptors (Lipinski definition) is 8. The first kappa shape index (κ1) is 24.4. The zero-order valence-corrected chi connectivity index (χ0v) is 20.9. The number of anilines is 1. The zero-order valence-electron chi connectivity index (χ0n) is 19.2. The van der Waals surface area contributed by atoms with E-state index in [2.05, 4.69) is 25.8 Å². The van der Waals surface area contributed by atoms with Crippen molar-refractivity contribution in [3.8, 4) is 11.4 Å². The van der Waals surface area contributed by atoms with Crippen molar-refractivity contribution < 1.29 is 14.3 Å². The molecule has 2 heterocycles. The number of nitrogens with zero attached hydrogens (tertiary/aromatic N) is 4. The smallest absolute Gasteiger partial charge is 0.236 e. The summed E-state index contributed by atoms with van der Waals surface area (Å²) >= 11 is 2.63. The van der Waals surface area contributed by atoms with Crippen molar-refractivity contribution in [2.45, 2.75) is 25.0 Å². The summed E-state index contributed by atoms with van der Waals surface area (Å²) < 4.78 is 7.02. The summed E-state index contributed by atoms with van der Waals surface area (Å²) in [6, 6.07) is 15.3. The second-order valence-electron chi connectivity index (χ2n) is 7.55. The van der Waals surface area contributed by atoms with Crippen LogP contribution in [0.2, 0.25) is 0 Å². The summed E-state index contributed by atoms with van der Waals surface area (Å²) in [4.78, 5) is 29.0. The third-order valence-electron chi connectivity index (χ3n) is 4.94. The Balaban J connectivity index is 1.45. The van der Waals surface area contributed by atoms with E-state index in [1.54, 1.807) is 18.7 Å². The van der Waals surface area contributed by atoms with Crippen molar-refractivity contribution in [3.05, 3.63) is 77.1 Å². The molecular formula is C24H24N6O3S2. The van der Waals surface area contributed by atoms with Crippen molar-refractivity contribution in [2.24, 2.45) is 0 Å². The average Bonchev–Trinajstić information content (AvgIpc) is 3.51. The van der Waals surface area contributed by atoms with Crippen LogP contribution in [0.5, 0.6) is 5.75 Å². The number of hydrogen-bond donors (Lipinski definition) is 2. The van der Waals surface area contributed by atoms with Gasteiger partial charge in [-0.2, -0.15) is 0 Å². The lowest BCUT2D eigenvalue weighted by atomic mass is 10.1. The normalized spacial score (nSPS) is 10.7. The van der Waals surface area contributed by atoms with Gasteiger partial charge in [0.25, 0.3) is 0 Å². The number of carbonyl (C=O) groups excluding carboxylic acids is 2. The van der Waals surface area contributed by atoms with Gasteiger partial charge >= 0.3 is 0 Å². The van der Waals surface area contributed by atoms with Crippen LogP contribution in [0, 0.1) is 6.92 Å². The second kappa shape index (κ2) is 11.6. The second-order valence-corrected chi connectivity index (χ2v) is 9.39. The van der Waals surface area contributed by atoms with Gasteiger partial charge in [0.2, 0.25) is 11.8 Å². The molecule has 0 aliphatic rings. The van der Waals surface area contributed by atoms with E-state index < -0.39 is 0 Å². The molecule has 0 aliphatic heterocycles.